The predicted molar refractivity (Wildman–Crippen MR) is 104 cm³/mol. The molecule has 0 aliphatic carbocycles. The molecular weight excluding hydrogens is 326 g/mol. The lowest BCUT2D eigenvalue weighted by molar-refractivity contribution is 0.102. The van der Waals surface area contributed by atoms with E-state index in [1.165, 1.54) is 5.56 Å². The van der Waals surface area contributed by atoms with Gasteiger partial charge in [0.15, 0.2) is 0 Å². The normalized spacial score (nSPS) is 10.2. The molecule has 3 aromatic rings. The van der Waals surface area contributed by atoms with Crippen LogP contribution in [0.4, 0.5) is 17.1 Å². The Kier molecular flexibility index (Phi) is 5.49. The number of aryl methyl sites for hydroxylation is 1. The van der Waals surface area contributed by atoms with Gasteiger partial charge < -0.3 is 15.4 Å². The fraction of sp³-hybridized carbons (Fsp3) is 0.143. The smallest absolute Gasteiger partial charge is 0.274 e. The first-order valence-electron chi connectivity index (χ1n) is 8.46. The number of hydrogen-bond acceptors (Lipinski definition) is 4. The Bertz CT molecular complexity index is 892. The average Bonchev–Trinajstić information content (AvgIpc) is 2.69. The summed E-state index contributed by atoms with van der Waals surface area (Å²) in [5.74, 6) is 0.476. The van der Waals surface area contributed by atoms with Gasteiger partial charge in [-0.15, -0.1) is 0 Å². The van der Waals surface area contributed by atoms with Crippen LogP contribution in [-0.4, -0.2) is 18.0 Å². The number of hydrogen-bond donors (Lipinski definition) is 2. The molecule has 0 saturated carbocycles. The summed E-state index contributed by atoms with van der Waals surface area (Å²) < 4.78 is 5.12. The Balaban J connectivity index is 1.74. The van der Waals surface area contributed by atoms with Crippen LogP contribution in [0.1, 0.15) is 23.0 Å². The largest absolute Gasteiger partial charge is 0.497 e. The number of methoxy groups -OCH3 is 1. The number of nitrogens with zero attached hydrogens (tertiary/aromatic N) is 1. The van der Waals surface area contributed by atoms with Crippen molar-refractivity contribution in [2.75, 3.05) is 17.7 Å². The minimum absolute atomic E-state index is 0.261. The molecule has 0 bridgehead atoms. The quantitative estimate of drug-likeness (QED) is 0.681. The Hall–Kier alpha value is -3.34. The highest BCUT2D eigenvalue weighted by Gasteiger charge is 2.09. The molecule has 2 aromatic carbocycles. The number of para-hydroxylation sites is 1. The van der Waals surface area contributed by atoms with E-state index in [0.29, 0.717) is 11.4 Å². The van der Waals surface area contributed by atoms with Gasteiger partial charge in [-0.25, -0.2) is 0 Å². The predicted octanol–water partition coefficient (Wildman–Crippen LogP) is 4.65. The van der Waals surface area contributed by atoms with Gasteiger partial charge in [-0.1, -0.05) is 25.1 Å². The summed E-state index contributed by atoms with van der Waals surface area (Å²) >= 11 is 0. The monoisotopic (exact) mass is 347 g/mol. The van der Waals surface area contributed by atoms with Crippen LogP contribution in [0.15, 0.2) is 66.9 Å². The van der Waals surface area contributed by atoms with Gasteiger partial charge in [-0.2, -0.15) is 0 Å². The van der Waals surface area contributed by atoms with Crippen molar-refractivity contribution in [3.63, 3.8) is 0 Å². The van der Waals surface area contributed by atoms with Crippen LogP contribution in [0.5, 0.6) is 5.75 Å². The molecule has 2 N–H and O–H groups in total. The summed E-state index contributed by atoms with van der Waals surface area (Å²) in [6.07, 6.45) is 2.55. The van der Waals surface area contributed by atoms with Crippen molar-refractivity contribution < 1.29 is 9.53 Å². The Morgan fingerprint density at radius 3 is 2.54 bits per heavy atom. The van der Waals surface area contributed by atoms with Gasteiger partial charge in [0.25, 0.3) is 5.91 Å². The van der Waals surface area contributed by atoms with Gasteiger partial charge in [-0.05, 0) is 54.4 Å². The number of carbonyl (C=O) groups excluding carboxylic acids is 1. The van der Waals surface area contributed by atoms with Crippen molar-refractivity contribution in [1.82, 2.24) is 4.98 Å². The van der Waals surface area contributed by atoms with Gasteiger partial charge >= 0.3 is 0 Å². The Morgan fingerprint density at radius 2 is 1.81 bits per heavy atom. The first kappa shape index (κ1) is 17.5. The van der Waals surface area contributed by atoms with E-state index in [4.69, 9.17) is 4.74 Å². The van der Waals surface area contributed by atoms with Crippen molar-refractivity contribution in [3.05, 3.63) is 78.1 Å². The summed E-state index contributed by atoms with van der Waals surface area (Å²) in [7, 11) is 1.60. The maximum Gasteiger partial charge on any atom is 0.274 e. The van der Waals surface area contributed by atoms with Crippen LogP contribution in [0.25, 0.3) is 0 Å². The molecule has 0 aliphatic heterocycles. The van der Waals surface area contributed by atoms with Crippen LogP contribution in [0, 0.1) is 0 Å². The van der Waals surface area contributed by atoms with E-state index in [1.807, 2.05) is 24.3 Å². The highest BCUT2D eigenvalue weighted by molar-refractivity contribution is 6.03. The maximum atomic E-state index is 12.5. The first-order valence-corrected chi connectivity index (χ1v) is 8.46. The van der Waals surface area contributed by atoms with Crippen LogP contribution < -0.4 is 15.4 Å². The molecule has 0 saturated heterocycles. The highest BCUT2D eigenvalue weighted by Crippen LogP contribution is 2.22. The number of amides is 1. The third-order valence-corrected chi connectivity index (χ3v) is 4.02. The van der Waals surface area contributed by atoms with Crippen molar-refractivity contribution in [2.45, 2.75) is 13.3 Å². The van der Waals surface area contributed by atoms with Crippen molar-refractivity contribution in [1.29, 1.82) is 0 Å². The number of ether oxygens (including phenoxy) is 1. The van der Waals surface area contributed by atoms with Gasteiger partial charge in [0.2, 0.25) is 0 Å². The first-order chi connectivity index (χ1) is 12.7. The van der Waals surface area contributed by atoms with E-state index in [9.17, 15) is 4.79 Å². The molecular formula is C21H21N3O2. The van der Waals surface area contributed by atoms with Crippen molar-refractivity contribution in [2.24, 2.45) is 0 Å². The molecule has 3 rings (SSSR count). The Labute approximate surface area is 153 Å². The molecule has 5 nitrogen and oxygen atoms in total. The second-order valence-corrected chi connectivity index (χ2v) is 5.75. The molecule has 0 atom stereocenters. The number of aromatic nitrogens is 1. The van der Waals surface area contributed by atoms with Crippen LogP contribution in [-0.2, 0) is 6.42 Å². The summed E-state index contributed by atoms with van der Waals surface area (Å²) in [4.78, 5) is 16.6. The lowest BCUT2D eigenvalue weighted by Crippen LogP contribution is -2.13. The lowest BCUT2D eigenvalue weighted by atomic mass is 10.1. The van der Waals surface area contributed by atoms with E-state index < -0.39 is 0 Å². The molecule has 0 unspecified atom stereocenters. The molecule has 1 aromatic heterocycles. The van der Waals surface area contributed by atoms with E-state index >= 15 is 0 Å². The van der Waals surface area contributed by atoms with Gasteiger partial charge in [-0.3, -0.25) is 9.78 Å². The summed E-state index contributed by atoms with van der Waals surface area (Å²) in [6, 6.07) is 18.9. The second kappa shape index (κ2) is 8.16. The van der Waals surface area contributed by atoms with Gasteiger partial charge in [0.05, 0.1) is 7.11 Å². The summed E-state index contributed by atoms with van der Waals surface area (Å²) in [5, 5.41) is 6.20. The topological polar surface area (TPSA) is 63.2 Å². The number of pyridine rings is 1. The van der Waals surface area contributed by atoms with E-state index in [1.54, 1.807) is 43.6 Å². The number of rotatable bonds is 6. The zero-order valence-electron chi connectivity index (χ0n) is 14.8. The standard InChI is InChI=1S/C21H21N3O2/c1-3-15-6-4-5-7-19(15)23-17-12-13-22-20(14-17)21(25)24-16-8-10-18(26-2)11-9-16/h4-14H,3H2,1-2H3,(H,22,23)(H,24,25). The molecule has 0 fully saturated rings. The molecule has 0 radical (unpaired) electrons. The fourth-order valence-corrected chi connectivity index (χ4v) is 2.61. The molecule has 5 heteroatoms. The number of carbonyl (C=O) groups is 1. The third-order valence-electron chi connectivity index (χ3n) is 4.02. The molecule has 0 aliphatic rings. The Morgan fingerprint density at radius 1 is 1.04 bits per heavy atom. The molecule has 0 spiro atoms. The molecule has 26 heavy (non-hydrogen) atoms. The summed E-state index contributed by atoms with van der Waals surface area (Å²) in [6.45, 7) is 2.11. The number of anilines is 3. The van der Waals surface area contributed by atoms with Gasteiger partial charge in [0, 0.05) is 23.3 Å². The van der Waals surface area contributed by atoms with E-state index in [-0.39, 0.29) is 5.91 Å². The van der Waals surface area contributed by atoms with Crippen LogP contribution >= 0.6 is 0 Å². The van der Waals surface area contributed by atoms with Crippen LogP contribution in [0.2, 0.25) is 0 Å². The van der Waals surface area contributed by atoms with Gasteiger partial charge in [0.1, 0.15) is 11.4 Å². The second-order valence-electron chi connectivity index (χ2n) is 5.75. The number of benzene rings is 2. The minimum Gasteiger partial charge on any atom is -0.497 e. The SMILES string of the molecule is CCc1ccccc1Nc1ccnc(C(=O)Nc2ccc(OC)cc2)c1. The van der Waals surface area contributed by atoms with Crippen molar-refractivity contribution in [3.8, 4) is 5.75 Å². The molecule has 132 valence electrons. The van der Waals surface area contributed by atoms with E-state index in [0.717, 1.165) is 23.5 Å². The highest BCUT2D eigenvalue weighted by atomic mass is 16.5. The maximum absolute atomic E-state index is 12.5. The van der Waals surface area contributed by atoms with Crippen LogP contribution in [0.3, 0.4) is 0 Å². The molecule has 1 amide bonds. The number of nitrogens with one attached hydrogen (secondary N) is 2. The van der Waals surface area contributed by atoms with Crippen molar-refractivity contribution >= 4 is 23.0 Å². The summed E-state index contributed by atoms with van der Waals surface area (Å²) in [5.41, 5.74) is 4.10. The fourth-order valence-electron chi connectivity index (χ4n) is 2.61. The average molecular weight is 347 g/mol. The zero-order valence-corrected chi connectivity index (χ0v) is 14.8. The lowest BCUT2D eigenvalue weighted by Gasteiger charge is -2.12. The minimum atomic E-state index is -0.261. The third kappa shape index (κ3) is 4.19. The zero-order chi connectivity index (χ0) is 18.4. The molecule has 1 heterocycles. The van der Waals surface area contributed by atoms with E-state index in [2.05, 4.69) is 28.6 Å².